The fourth-order valence-corrected chi connectivity index (χ4v) is 2.50. The number of halogens is 1. The highest BCUT2D eigenvalue weighted by Crippen LogP contribution is 2.26. The van der Waals surface area contributed by atoms with Crippen molar-refractivity contribution in [3.8, 4) is 5.75 Å². The maximum absolute atomic E-state index is 11.7. The van der Waals surface area contributed by atoms with Crippen molar-refractivity contribution in [3.05, 3.63) is 74.6 Å². The van der Waals surface area contributed by atoms with E-state index in [0.29, 0.717) is 32.9 Å². The molecule has 0 aliphatic heterocycles. The van der Waals surface area contributed by atoms with E-state index in [4.69, 9.17) is 20.8 Å². The molecule has 1 heterocycles. The molecule has 0 bridgehead atoms. The molecule has 0 aliphatic rings. The lowest BCUT2D eigenvalue weighted by Crippen LogP contribution is -2.05. The van der Waals surface area contributed by atoms with Gasteiger partial charge in [-0.05, 0) is 36.8 Å². The van der Waals surface area contributed by atoms with E-state index in [0.717, 1.165) is 11.8 Å². The molecule has 0 unspecified atom stereocenters. The molecule has 0 atom stereocenters. The summed E-state index contributed by atoms with van der Waals surface area (Å²) in [5.41, 5.74) is 1.93. The van der Waals surface area contributed by atoms with Crippen LogP contribution in [-0.2, 0) is 6.61 Å². The molecule has 116 valence electrons. The smallest absolute Gasteiger partial charge is 0.336 e. The van der Waals surface area contributed by atoms with Crippen LogP contribution in [-0.4, -0.2) is 6.29 Å². The first kappa shape index (κ1) is 15.3. The van der Waals surface area contributed by atoms with E-state index in [9.17, 15) is 9.59 Å². The van der Waals surface area contributed by atoms with Gasteiger partial charge in [-0.25, -0.2) is 4.79 Å². The molecule has 0 spiro atoms. The van der Waals surface area contributed by atoms with Crippen LogP contribution >= 0.6 is 11.6 Å². The van der Waals surface area contributed by atoms with Crippen molar-refractivity contribution in [3.63, 3.8) is 0 Å². The van der Waals surface area contributed by atoms with Gasteiger partial charge in [-0.2, -0.15) is 0 Å². The van der Waals surface area contributed by atoms with Crippen LogP contribution in [0.25, 0.3) is 11.0 Å². The maximum atomic E-state index is 11.7. The highest BCUT2D eigenvalue weighted by Gasteiger charge is 2.10. The Labute approximate surface area is 137 Å². The molecule has 2 aromatic carbocycles. The number of aldehydes is 1. The third-order valence-electron chi connectivity index (χ3n) is 3.54. The Balaban J connectivity index is 2.01. The van der Waals surface area contributed by atoms with Crippen molar-refractivity contribution in [1.82, 2.24) is 0 Å². The number of fused-ring (bicyclic) bond motifs is 1. The summed E-state index contributed by atoms with van der Waals surface area (Å²) >= 11 is 6.16. The fraction of sp³-hybridized carbons (Fsp3) is 0.111. The Morgan fingerprint density at radius 3 is 2.78 bits per heavy atom. The molecule has 4 nitrogen and oxygen atoms in total. The zero-order valence-electron chi connectivity index (χ0n) is 12.3. The summed E-state index contributed by atoms with van der Waals surface area (Å²) in [6.07, 6.45) is 0.729. The molecule has 0 saturated carbocycles. The summed E-state index contributed by atoms with van der Waals surface area (Å²) in [5, 5.41) is 1.30. The molecule has 0 N–H and O–H groups in total. The van der Waals surface area contributed by atoms with Gasteiger partial charge in [0.2, 0.25) is 0 Å². The lowest BCUT2D eigenvalue weighted by molar-refractivity contribution is 0.111. The van der Waals surface area contributed by atoms with Gasteiger partial charge in [-0.15, -0.1) is 0 Å². The molecule has 3 aromatic rings. The SMILES string of the molecule is Cc1cc2oc(=O)cc(COc3ccccc3C=O)c2cc1Cl. The van der Waals surface area contributed by atoms with Crippen molar-refractivity contribution in [2.45, 2.75) is 13.5 Å². The topological polar surface area (TPSA) is 56.5 Å². The molecular weight excluding hydrogens is 316 g/mol. The minimum atomic E-state index is -0.457. The molecule has 23 heavy (non-hydrogen) atoms. The number of hydrogen-bond acceptors (Lipinski definition) is 4. The summed E-state index contributed by atoms with van der Waals surface area (Å²) in [6, 6.07) is 11.7. The van der Waals surface area contributed by atoms with E-state index >= 15 is 0 Å². The predicted octanol–water partition coefficient (Wildman–Crippen LogP) is 4.15. The summed E-state index contributed by atoms with van der Waals surface area (Å²) in [4.78, 5) is 22.7. The minimum Gasteiger partial charge on any atom is -0.488 e. The number of para-hydroxylation sites is 1. The van der Waals surface area contributed by atoms with Crippen LogP contribution in [0.4, 0.5) is 0 Å². The highest BCUT2D eigenvalue weighted by atomic mass is 35.5. The van der Waals surface area contributed by atoms with Crippen LogP contribution < -0.4 is 10.4 Å². The average molecular weight is 329 g/mol. The second-order valence-electron chi connectivity index (χ2n) is 5.13. The lowest BCUT2D eigenvalue weighted by atomic mass is 10.1. The zero-order valence-corrected chi connectivity index (χ0v) is 13.1. The number of carbonyl (C=O) groups is 1. The second-order valence-corrected chi connectivity index (χ2v) is 5.54. The van der Waals surface area contributed by atoms with Gasteiger partial charge >= 0.3 is 5.63 Å². The zero-order chi connectivity index (χ0) is 16.4. The standard InChI is InChI=1S/C18H13ClO4/c1-11-6-17-14(8-15(11)19)13(7-18(21)23-17)10-22-16-5-3-2-4-12(16)9-20/h2-9H,10H2,1H3. The van der Waals surface area contributed by atoms with Gasteiger partial charge in [0.15, 0.2) is 6.29 Å². The third kappa shape index (κ3) is 3.12. The number of aryl methyl sites for hydroxylation is 1. The van der Waals surface area contributed by atoms with Gasteiger partial charge in [-0.1, -0.05) is 23.7 Å². The van der Waals surface area contributed by atoms with E-state index in [-0.39, 0.29) is 6.61 Å². The molecule has 3 rings (SSSR count). The van der Waals surface area contributed by atoms with Crippen LogP contribution in [0.1, 0.15) is 21.5 Å². The monoisotopic (exact) mass is 328 g/mol. The molecule has 0 saturated heterocycles. The van der Waals surface area contributed by atoms with Crippen molar-refractivity contribution >= 4 is 28.9 Å². The number of benzene rings is 2. The average Bonchev–Trinajstić information content (AvgIpc) is 2.54. The summed E-state index contributed by atoms with van der Waals surface area (Å²) < 4.78 is 10.9. The minimum absolute atomic E-state index is 0.131. The Morgan fingerprint density at radius 2 is 2.00 bits per heavy atom. The Hall–Kier alpha value is -2.59. The molecule has 5 heteroatoms. The molecule has 0 radical (unpaired) electrons. The molecule has 1 aromatic heterocycles. The second kappa shape index (κ2) is 6.26. The largest absolute Gasteiger partial charge is 0.488 e. The first-order valence-corrected chi connectivity index (χ1v) is 7.36. The lowest BCUT2D eigenvalue weighted by Gasteiger charge is -2.10. The molecule has 0 fully saturated rings. The van der Waals surface area contributed by atoms with Crippen molar-refractivity contribution in [2.75, 3.05) is 0 Å². The van der Waals surface area contributed by atoms with Crippen molar-refractivity contribution in [1.29, 1.82) is 0 Å². The van der Waals surface area contributed by atoms with E-state index in [1.165, 1.54) is 6.07 Å². The Morgan fingerprint density at radius 1 is 1.22 bits per heavy atom. The van der Waals surface area contributed by atoms with Crippen LogP contribution in [0, 0.1) is 6.92 Å². The van der Waals surface area contributed by atoms with Gasteiger partial charge < -0.3 is 9.15 Å². The van der Waals surface area contributed by atoms with Gasteiger partial charge in [0.1, 0.15) is 17.9 Å². The number of ether oxygens (including phenoxy) is 1. The molecule has 0 aliphatic carbocycles. The van der Waals surface area contributed by atoms with Crippen molar-refractivity contribution < 1.29 is 13.9 Å². The Bertz CT molecular complexity index is 943. The van der Waals surface area contributed by atoms with Crippen LogP contribution in [0.3, 0.4) is 0 Å². The first-order valence-electron chi connectivity index (χ1n) is 6.98. The van der Waals surface area contributed by atoms with E-state index < -0.39 is 5.63 Å². The summed E-state index contributed by atoms with van der Waals surface area (Å²) in [5.74, 6) is 0.460. The van der Waals surface area contributed by atoms with Gasteiger partial charge in [0, 0.05) is 22.0 Å². The third-order valence-corrected chi connectivity index (χ3v) is 3.95. The van der Waals surface area contributed by atoms with E-state index in [1.807, 2.05) is 6.92 Å². The number of hydrogen-bond donors (Lipinski definition) is 0. The number of carbonyl (C=O) groups excluding carboxylic acids is 1. The van der Waals surface area contributed by atoms with Gasteiger partial charge in [0.05, 0.1) is 5.56 Å². The van der Waals surface area contributed by atoms with E-state index in [2.05, 4.69) is 0 Å². The van der Waals surface area contributed by atoms with Gasteiger partial charge in [-0.3, -0.25) is 4.79 Å². The predicted molar refractivity (Wildman–Crippen MR) is 88.4 cm³/mol. The van der Waals surface area contributed by atoms with Gasteiger partial charge in [0.25, 0.3) is 0 Å². The van der Waals surface area contributed by atoms with Crippen LogP contribution in [0.15, 0.2) is 51.7 Å². The first-order chi connectivity index (χ1) is 11.1. The quantitative estimate of drug-likeness (QED) is 0.533. The highest BCUT2D eigenvalue weighted by molar-refractivity contribution is 6.32. The van der Waals surface area contributed by atoms with Crippen LogP contribution in [0.2, 0.25) is 5.02 Å². The summed E-state index contributed by atoms with van der Waals surface area (Å²) in [6.45, 7) is 1.97. The fourth-order valence-electron chi connectivity index (χ4n) is 2.33. The van der Waals surface area contributed by atoms with Crippen molar-refractivity contribution in [2.24, 2.45) is 0 Å². The molecule has 0 amide bonds. The number of rotatable bonds is 4. The maximum Gasteiger partial charge on any atom is 0.336 e. The van der Waals surface area contributed by atoms with Crippen LogP contribution in [0.5, 0.6) is 5.75 Å². The summed E-state index contributed by atoms with van der Waals surface area (Å²) in [7, 11) is 0. The molecular formula is C18H13ClO4. The Kier molecular flexibility index (Phi) is 4.17. The van der Waals surface area contributed by atoms with E-state index in [1.54, 1.807) is 36.4 Å². The normalized spacial score (nSPS) is 10.7.